The minimum atomic E-state index is -1.72. The lowest BCUT2D eigenvalue weighted by atomic mass is 9.85. The van der Waals surface area contributed by atoms with Crippen LogP contribution in [0.5, 0.6) is 5.75 Å². The van der Waals surface area contributed by atoms with Gasteiger partial charge in [0.05, 0.1) is 30.3 Å². The first-order valence-corrected chi connectivity index (χ1v) is 10.9. The zero-order valence-electron chi connectivity index (χ0n) is 19.4. The third-order valence-electron chi connectivity index (χ3n) is 5.76. The Hall–Kier alpha value is -3.94. The van der Waals surface area contributed by atoms with Crippen LogP contribution in [0.2, 0.25) is 0 Å². The van der Waals surface area contributed by atoms with Gasteiger partial charge in [-0.15, -0.1) is 0 Å². The van der Waals surface area contributed by atoms with Crippen molar-refractivity contribution in [3.63, 3.8) is 0 Å². The molecule has 0 fully saturated rings. The topological polar surface area (TPSA) is 67.8 Å². The number of methoxy groups -OCH3 is 1. The van der Waals surface area contributed by atoms with E-state index in [2.05, 4.69) is 5.32 Å². The molecule has 3 aromatic carbocycles. The highest BCUT2D eigenvalue weighted by Crippen LogP contribution is 2.31. The van der Waals surface area contributed by atoms with Gasteiger partial charge in [0, 0.05) is 16.8 Å². The lowest BCUT2D eigenvalue weighted by Crippen LogP contribution is -2.30. The summed E-state index contributed by atoms with van der Waals surface area (Å²) in [4.78, 5) is 30.1. The average molecular weight is 480 g/mol. The fourth-order valence-electron chi connectivity index (χ4n) is 4.06. The van der Waals surface area contributed by atoms with Crippen LogP contribution < -0.4 is 10.1 Å². The van der Waals surface area contributed by atoms with Crippen LogP contribution in [0.3, 0.4) is 0 Å². The van der Waals surface area contributed by atoms with Gasteiger partial charge < -0.3 is 10.1 Å². The van der Waals surface area contributed by atoms with Gasteiger partial charge in [0.1, 0.15) is 5.75 Å². The number of halogens is 3. The van der Waals surface area contributed by atoms with Crippen LogP contribution in [0, 0.1) is 17.5 Å². The summed E-state index contributed by atoms with van der Waals surface area (Å²) in [6.07, 6.45) is 0.826. The minimum Gasteiger partial charge on any atom is -0.497 e. The SMILES string of the molecule is COc1ccc2c(c1)C(CC(=O)c1ccc(NC(=O)c3ccc(F)c(F)c3F)cc1)=NC(C)(C)C2. The highest BCUT2D eigenvalue weighted by atomic mass is 19.2. The second-order valence-corrected chi connectivity index (χ2v) is 8.93. The molecule has 1 aliphatic heterocycles. The lowest BCUT2D eigenvalue weighted by molar-refractivity contribution is 0.0998. The number of hydrogen-bond donors (Lipinski definition) is 1. The van der Waals surface area contributed by atoms with E-state index < -0.39 is 28.9 Å². The summed E-state index contributed by atoms with van der Waals surface area (Å²) in [5, 5.41) is 2.41. The molecule has 0 radical (unpaired) electrons. The Labute approximate surface area is 200 Å². The van der Waals surface area contributed by atoms with E-state index in [1.807, 2.05) is 32.0 Å². The molecule has 1 heterocycles. The van der Waals surface area contributed by atoms with Gasteiger partial charge in [-0.05, 0) is 74.4 Å². The monoisotopic (exact) mass is 480 g/mol. The number of ether oxygens (including phenoxy) is 1. The Bertz CT molecular complexity index is 1350. The Morgan fingerprint density at radius 3 is 2.40 bits per heavy atom. The van der Waals surface area contributed by atoms with Crippen molar-refractivity contribution in [3.8, 4) is 5.75 Å². The Morgan fingerprint density at radius 1 is 1.00 bits per heavy atom. The molecule has 4 rings (SSSR count). The van der Waals surface area contributed by atoms with Crippen LogP contribution in [0.15, 0.2) is 59.6 Å². The van der Waals surface area contributed by atoms with Crippen molar-refractivity contribution in [1.29, 1.82) is 0 Å². The van der Waals surface area contributed by atoms with E-state index in [0.29, 0.717) is 23.1 Å². The maximum absolute atomic E-state index is 13.9. The van der Waals surface area contributed by atoms with E-state index >= 15 is 0 Å². The fraction of sp³-hybridized carbons (Fsp3) is 0.222. The molecule has 5 nitrogen and oxygen atoms in total. The molecule has 8 heteroatoms. The molecule has 1 amide bonds. The number of carbonyl (C=O) groups excluding carboxylic acids is 2. The highest BCUT2D eigenvalue weighted by Gasteiger charge is 2.28. The molecule has 1 aliphatic rings. The molecule has 3 aromatic rings. The molecular weight excluding hydrogens is 457 g/mol. The summed E-state index contributed by atoms with van der Waals surface area (Å²) < 4.78 is 45.7. The number of fused-ring (bicyclic) bond motifs is 1. The molecule has 0 aliphatic carbocycles. The first-order valence-electron chi connectivity index (χ1n) is 10.9. The quantitative estimate of drug-likeness (QED) is 0.360. The van der Waals surface area contributed by atoms with Crippen LogP contribution in [0.1, 0.15) is 52.1 Å². The zero-order valence-corrected chi connectivity index (χ0v) is 19.4. The second-order valence-electron chi connectivity index (χ2n) is 8.93. The average Bonchev–Trinajstić information content (AvgIpc) is 2.82. The van der Waals surface area contributed by atoms with Crippen LogP contribution in [-0.4, -0.2) is 30.1 Å². The van der Waals surface area contributed by atoms with Gasteiger partial charge in [-0.3, -0.25) is 14.6 Å². The predicted molar refractivity (Wildman–Crippen MR) is 127 cm³/mol. The van der Waals surface area contributed by atoms with Crippen molar-refractivity contribution >= 4 is 23.1 Å². The molecule has 0 saturated carbocycles. The Balaban J connectivity index is 1.50. The molecular formula is C27H23F3N2O3. The first kappa shape index (κ1) is 24.2. The highest BCUT2D eigenvalue weighted by molar-refractivity contribution is 6.17. The molecule has 1 N–H and O–H groups in total. The van der Waals surface area contributed by atoms with Crippen molar-refractivity contribution in [2.75, 3.05) is 12.4 Å². The van der Waals surface area contributed by atoms with Gasteiger partial charge in [-0.25, -0.2) is 13.2 Å². The smallest absolute Gasteiger partial charge is 0.258 e. The normalized spacial score (nSPS) is 14.1. The van der Waals surface area contributed by atoms with E-state index in [4.69, 9.17) is 9.73 Å². The van der Waals surface area contributed by atoms with Crippen molar-refractivity contribution in [3.05, 3.63) is 94.3 Å². The molecule has 0 spiro atoms. The summed E-state index contributed by atoms with van der Waals surface area (Å²) in [5.74, 6) is -5.09. The van der Waals surface area contributed by atoms with Gasteiger partial charge in [-0.1, -0.05) is 6.07 Å². The lowest BCUT2D eigenvalue weighted by Gasteiger charge is -2.29. The zero-order chi connectivity index (χ0) is 25.3. The third-order valence-corrected chi connectivity index (χ3v) is 5.76. The summed E-state index contributed by atoms with van der Waals surface area (Å²) in [7, 11) is 1.58. The summed E-state index contributed by atoms with van der Waals surface area (Å²) in [5.41, 5.74) is 2.34. The number of hydrogen-bond acceptors (Lipinski definition) is 4. The van der Waals surface area contributed by atoms with Crippen LogP contribution in [0.4, 0.5) is 18.9 Å². The van der Waals surface area contributed by atoms with Gasteiger partial charge >= 0.3 is 0 Å². The van der Waals surface area contributed by atoms with E-state index in [9.17, 15) is 22.8 Å². The van der Waals surface area contributed by atoms with Crippen molar-refractivity contribution in [2.24, 2.45) is 4.99 Å². The van der Waals surface area contributed by atoms with Crippen molar-refractivity contribution < 1.29 is 27.5 Å². The standard InChI is InChI=1S/C27H23F3N2O3/c1-27(2)14-16-6-9-18(35-3)12-20(16)22(32-27)13-23(33)15-4-7-17(8-5-15)31-26(34)19-10-11-21(28)25(30)24(19)29/h4-12H,13-14H2,1-3H3,(H,31,34). The van der Waals surface area contributed by atoms with E-state index in [1.165, 1.54) is 24.3 Å². The number of rotatable bonds is 6. The summed E-state index contributed by atoms with van der Waals surface area (Å²) in [6, 6.07) is 13.3. The summed E-state index contributed by atoms with van der Waals surface area (Å²) in [6.45, 7) is 4.02. The van der Waals surface area contributed by atoms with Crippen molar-refractivity contribution in [1.82, 2.24) is 0 Å². The molecule has 180 valence electrons. The van der Waals surface area contributed by atoms with Gasteiger partial charge in [-0.2, -0.15) is 0 Å². The molecule has 0 unspecified atom stereocenters. The number of nitrogens with zero attached hydrogens (tertiary/aromatic N) is 1. The molecule has 0 saturated heterocycles. The van der Waals surface area contributed by atoms with Crippen LogP contribution >= 0.6 is 0 Å². The number of anilines is 1. The third kappa shape index (κ3) is 5.11. The maximum Gasteiger partial charge on any atom is 0.258 e. The number of benzene rings is 3. The second kappa shape index (κ2) is 9.37. The Kier molecular flexibility index (Phi) is 6.47. The fourth-order valence-corrected chi connectivity index (χ4v) is 4.06. The molecule has 0 bridgehead atoms. The van der Waals surface area contributed by atoms with Gasteiger partial charge in [0.2, 0.25) is 0 Å². The van der Waals surface area contributed by atoms with Crippen LogP contribution in [0.25, 0.3) is 0 Å². The van der Waals surface area contributed by atoms with Gasteiger partial charge in [0.25, 0.3) is 5.91 Å². The number of aliphatic imine (C=N–C) groups is 1. The summed E-state index contributed by atoms with van der Waals surface area (Å²) >= 11 is 0. The minimum absolute atomic E-state index is 0.0787. The largest absolute Gasteiger partial charge is 0.497 e. The van der Waals surface area contributed by atoms with E-state index in [-0.39, 0.29) is 23.4 Å². The molecule has 0 atom stereocenters. The maximum atomic E-state index is 13.9. The van der Waals surface area contributed by atoms with E-state index in [1.54, 1.807) is 7.11 Å². The molecule has 35 heavy (non-hydrogen) atoms. The number of amides is 1. The first-order chi connectivity index (χ1) is 16.6. The molecule has 0 aromatic heterocycles. The van der Waals surface area contributed by atoms with Gasteiger partial charge in [0.15, 0.2) is 23.2 Å². The number of carbonyl (C=O) groups is 2. The number of nitrogens with one attached hydrogen (secondary N) is 1. The number of Topliss-reactive ketones (excluding diaryl/α,β-unsaturated/α-hetero) is 1. The van der Waals surface area contributed by atoms with Crippen molar-refractivity contribution in [2.45, 2.75) is 32.2 Å². The van der Waals surface area contributed by atoms with Crippen LogP contribution in [-0.2, 0) is 6.42 Å². The number of ketones is 1. The Morgan fingerprint density at radius 2 is 1.71 bits per heavy atom. The van der Waals surface area contributed by atoms with E-state index in [0.717, 1.165) is 23.6 Å². The predicted octanol–water partition coefficient (Wildman–Crippen LogP) is 5.76.